The van der Waals surface area contributed by atoms with Crippen molar-refractivity contribution in [3.05, 3.63) is 36.4 Å². The Kier molecular flexibility index (Phi) is 2.48. The van der Waals surface area contributed by atoms with E-state index in [1.54, 1.807) is 12.1 Å². The van der Waals surface area contributed by atoms with E-state index in [-0.39, 0.29) is 17.7 Å². The van der Waals surface area contributed by atoms with Gasteiger partial charge in [-0.3, -0.25) is 9.59 Å². The van der Waals surface area contributed by atoms with Crippen LogP contribution in [-0.4, -0.2) is 32.0 Å². The predicted octanol–water partition coefficient (Wildman–Crippen LogP) is 1.59. The fourth-order valence-corrected chi connectivity index (χ4v) is 3.67. The molecule has 1 fully saturated rings. The molecule has 4 unspecified atom stereocenters. The molecule has 1 saturated carbocycles. The van der Waals surface area contributed by atoms with Gasteiger partial charge in [0.15, 0.2) is 0 Å². The zero-order chi connectivity index (χ0) is 14.6. The fourth-order valence-electron chi connectivity index (χ4n) is 3.67. The molecule has 0 radical (unpaired) electrons. The van der Waals surface area contributed by atoms with Crippen molar-refractivity contribution >= 4 is 22.9 Å². The number of fused-ring (bicyclic) bond motifs is 3. The van der Waals surface area contributed by atoms with Crippen molar-refractivity contribution in [3.63, 3.8) is 0 Å². The molecule has 6 heteroatoms. The number of benzene rings is 1. The third-order valence-electron chi connectivity index (χ3n) is 4.59. The first-order valence-electron chi connectivity index (χ1n) is 6.92. The van der Waals surface area contributed by atoms with Gasteiger partial charge in [-0.25, -0.2) is 0 Å². The largest absolute Gasteiger partial charge is 0.481 e. The smallest absolute Gasteiger partial charge is 0.307 e. The van der Waals surface area contributed by atoms with Crippen LogP contribution in [0.5, 0.6) is 0 Å². The van der Waals surface area contributed by atoms with Crippen LogP contribution in [0.1, 0.15) is 11.2 Å². The molecule has 4 rings (SSSR count). The van der Waals surface area contributed by atoms with Gasteiger partial charge in [0.05, 0.1) is 17.4 Å². The maximum Gasteiger partial charge on any atom is 0.307 e. The number of carboxylic acid groups (broad SMARTS) is 1. The molecule has 1 N–H and O–H groups in total. The summed E-state index contributed by atoms with van der Waals surface area (Å²) in [4.78, 5) is 24.3. The molecule has 21 heavy (non-hydrogen) atoms. The second-order valence-electron chi connectivity index (χ2n) is 5.67. The summed E-state index contributed by atoms with van der Waals surface area (Å²) in [5.41, 5.74) is 1.26. The van der Waals surface area contributed by atoms with Crippen molar-refractivity contribution in [1.82, 2.24) is 15.0 Å². The van der Waals surface area contributed by atoms with Gasteiger partial charge in [0.2, 0.25) is 0 Å². The summed E-state index contributed by atoms with van der Waals surface area (Å²) in [7, 11) is 0. The number of hydrogen-bond donors (Lipinski definition) is 1. The molecule has 1 aromatic carbocycles. The number of carbonyl (C=O) groups is 2. The highest BCUT2D eigenvalue weighted by Crippen LogP contribution is 2.48. The number of allylic oxidation sites excluding steroid dienone is 2. The molecule has 6 nitrogen and oxygen atoms in total. The molecular weight excluding hydrogens is 270 g/mol. The summed E-state index contributed by atoms with van der Waals surface area (Å²) in [6, 6.07) is 7.19. The van der Waals surface area contributed by atoms with Crippen LogP contribution in [0, 0.1) is 23.7 Å². The van der Waals surface area contributed by atoms with E-state index >= 15 is 0 Å². The second kappa shape index (κ2) is 4.25. The minimum atomic E-state index is -0.908. The summed E-state index contributed by atoms with van der Waals surface area (Å²) in [5, 5.41) is 17.3. The standard InChI is InChI=1S/C15H13N3O3/c19-14(18-11-4-2-1-3-10(11)16-17-18)12-8-5-6-9(7-8)13(12)15(20)21/h1-6,8-9,12-13H,7H2,(H,20,21). The molecule has 4 atom stereocenters. The Hall–Kier alpha value is -2.50. The quantitative estimate of drug-likeness (QED) is 0.846. The molecule has 0 aliphatic heterocycles. The summed E-state index contributed by atoms with van der Waals surface area (Å²) in [6.45, 7) is 0. The highest BCUT2D eigenvalue weighted by molar-refractivity contribution is 5.93. The lowest BCUT2D eigenvalue weighted by Crippen LogP contribution is -2.36. The van der Waals surface area contributed by atoms with Gasteiger partial charge < -0.3 is 5.11 Å². The number of para-hydroxylation sites is 1. The number of aliphatic carboxylic acids is 1. The van der Waals surface area contributed by atoms with Gasteiger partial charge in [-0.2, -0.15) is 4.68 Å². The summed E-state index contributed by atoms with van der Waals surface area (Å²) < 4.78 is 1.25. The fraction of sp³-hybridized carbons (Fsp3) is 0.333. The lowest BCUT2D eigenvalue weighted by Gasteiger charge is -2.23. The number of rotatable bonds is 2. The number of carbonyl (C=O) groups excluding carboxylic acids is 1. The SMILES string of the molecule is O=C(O)C1C2C=CC(C2)C1C(=O)n1nnc2ccccc21. The molecule has 2 bridgehead atoms. The van der Waals surface area contributed by atoms with Crippen molar-refractivity contribution < 1.29 is 14.7 Å². The van der Waals surface area contributed by atoms with Crippen molar-refractivity contribution in [1.29, 1.82) is 0 Å². The summed E-state index contributed by atoms with van der Waals surface area (Å²) in [6.07, 6.45) is 4.62. The first kappa shape index (κ1) is 12.3. The van der Waals surface area contributed by atoms with E-state index in [1.165, 1.54) is 4.68 Å². The molecule has 2 aromatic rings. The van der Waals surface area contributed by atoms with Crippen molar-refractivity contribution in [2.24, 2.45) is 23.7 Å². The monoisotopic (exact) mass is 283 g/mol. The van der Waals surface area contributed by atoms with E-state index in [4.69, 9.17) is 0 Å². The summed E-state index contributed by atoms with van der Waals surface area (Å²) in [5.74, 6) is -2.44. The van der Waals surface area contributed by atoms with Gasteiger partial charge in [-0.1, -0.05) is 29.5 Å². The van der Waals surface area contributed by atoms with E-state index in [0.29, 0.717) is 11.0 Å². The number of carboxylic acids is 1. The normalized spacial score (nSPS) is 30.1. The molecule has 1 heterocycles. The summed E-state index contributed by atoms with van der Waals surface area (Å²) >= 11 is 0. The predicted molar refractivity (Wildman–Crippen MR) is 73.5 cm³/mol. The van der Waals surface area contributed by atoms with Crippen LogP contribution in [0.25, 0.3) is 11.0 Å². The Morgan fingerprint density at radius 3 is 2.62 bits per heavy atom. The van der Waals surface area contributed by atoms with Crippen LogP contribution < -0.4 is 0 Å². The van der Waals surface area contributed by atoms with Gasteiger partial charge in [0.25, 0.3) is 5.91 Å². The third kappa shape index (κ3) is 1.65. The van der Waals surface area contributed by atoms with E-state index in [0.717, 1.165) is 6.42 Å². The number of nitrogens with zero attached hydrogens (tertiary/aromatic N) is 3. The minimum Gasteiger partial charge on any atom is -0.481 e. The average molecular weight is 283 g/mol. The zero-order valence-corrected chi connectivity index (χ0v) is 11.1. The van der Waals surface area contributed by atoms with Crippen LogP contribution in [0.2, 0.25) is 0 Å². The van der Waals surface area contributed by atoms with Crippen LogP contribution in [-0.2, 0) is 4.79 Å². The van der Waals surface area contributed by atoms with Crippen LogP contribution >= 0.6 is 0 Å². The van der Waals surface area contributed by atoms with Crippen molar-refractivity contribution in [3.8, 4) is 0 Å². The molecule has 106 valence electrons. The molecule has 0 spiro atoms. The third-order valence-corrected chi connectivity index (χ3v) is 4.59. The Balaban J connectivity index is 1.77. The van der Waals surface area contributed by atoms with Crippen LogP contribution in [0.4, 0.5) is 0 Å². The Bertz CT molecular complexity index is 779. The van der Waals surface area contributed by atoms with Gasteiger partial charge >= 0.3 is 5.97 Å². The lowest BCUT2D eigenvalue weighted by atomic mass is 9.82. The molecule has 0 amide bonds. The highest BCUT2D eigenvalue weighted by Gasteiger charge is 2.52. The van der Waals surface area contributed by atoms with Gasteiger partial charge in [-0.05, 0) is 30.4 Å². The molecular formula is C15H13N3O3. The Labute approximate surface area is 120 Å². The van der Waals surface area contributed by atoms with Gasteiger partial charge in [0.1, 0.15) is 5.52 Å². The Morgan fingerprint density at radius 1 is 1.14 bits per heavy atom. The minimum absolute atomic E-state index is 0.00781. The maximum absolute atomic E-state index is 12.8. The van der Waals surface area contributed by atoms with E-state index in [1.807, 2.05) is 24.3 Å². The molecule has 0 saturated heterocycles. The second-order valence-corrected chi connectivity index (χ2v) is 5.67. The Morgan fingerprint density at radius 2 is 1.86 bits per heavy atom. The average Bonchev–Trinajstić information content (AvgIpc) is 3.19. The van der Waals surface area contributed by atoms with Gasteiger partial charge in [-0.15, -0.1) is 5.10 Å². The van der Waals surface area contributed by atoms with E-state index in [9.17, 15) is 14.7 Å². The molecule has 1 aromatic heterocycles. The lowest BCUT2D eigenvalue weighted by molar-refractivity contribution is -0.143. The van der Waals surface area contributed by atoms with E-state index < -0.39 is 17.8 Å². The van der Waals surface area contributed by atoms with Crippen molar-refractivity contribution in [2.45, 2.75) is 6.42 Å². The van der Waals surface area contributed by atoms with Gasteiger partial charge in [0, 0.05) is 0 Å². The van der Waals surface area contributed by atoms with Crippen molar-refractivity contribution in [2.75, 3.05) is 0 Å². The number of aromatic nitrogens is 3. The number of hydrogen-bond acceptors (Lipinski definition) is 4. The maximum atomic E-state index is 12.8. The molecule has 2 aliphatic rings. The topological polar surface area (TPSA) is 85.1 Å². The van der Waals surface area contributed by atoms with E-state index in [2.05, 4.69) is 10.3 Å². The zero-order valence-electron chi connectivity index (χ0n) is 11.1. The van der Waals surface area contributed by atoms with Crippen LogP contribution in [0.3, 0.4) is 0 Å². The highest BCUT2D eigenvalue weighted by atomic mass is 16.4. The van der Waals surface area contributed by atoms with Crippen LogP contribution in [0.15, 0.2) is 36.4 Å². The first-order chi connectivity index (χ1) is 10.2. The molecule has 2 aliphatic carbocycles. The first-order valence-corrected chi connectivity index (χ1v) is 6.92.